The summed E-state index contributed by atoms with van der Waals surface area (Å²) in [5.41, 5.74) is 2.02. The summed E-state index contributed by atoms with van der Waals surface area (Å²) in [6.07, 6.45) is 0.675. The van der Waals surface area contributed by atoms with Crippen molar-refractivity contribution in [2.45, 2.75) is 19.0 Å². The average Bonchev–Trinajstić information content (AvgIpc) is 2.88. The van der Waals surface area contributed by atoms with Crippen LogP contribution >= 0.6 is 23.2 Å². The third-order valence-electron chi connectivity index (χ3n) is 3.67. The van der Waals surface area contributed by atoms with E-state index in [1.165, 1.54) is 0 Å². The third-order valence-corrected chi connectivity index (χ3v) is 4.51. The van der Waals surface area contributed by atoms with Crippen molar-refractivity contribution >= 4 is 35.1 Å². The minimum absolute atomic E-state index is 0.0694. The maximum absolute atomic E-state index is 12.3. The molecule has 5 nitrogen and oxygen atoms in total. The zero-order chi connectivity index (χ0) is 14.3. The minimum Gasteiger partial charge on any atom is -0.336 e. The van der Waals surface area contributed by atoms with Gasteiger partial charge < -0.3 is 15.5 Å². The molecule has 3 amide bonds. The zero-order valence-corrected chi connectivity index (χ0v) is 12.1. The highest BCUT2D eigenvalue weighted by Gasteiger charge is 2.32. The first kappa shape index (κ1) is 13.5. The van der Waals surface area contributed by atoms with Crippen molar-refractivity contribution in [3.8, 4) is 0 Å². The number of urea groups is 1. The highest BCUT2D eigenvalue weighted by atomic mass is 35.5. The Morgan fingerprint density at radius 2 is 2.15 bits per heavy atom. The van der Waals surface area contributed by atoms with E-state index in [2.05, 4.69) is 10.6 Å². The number of rotatable bonds is 1. The van der Waals surface area contributed by atoms with Gasteiger partial charge in [-0.3, -0.25) is 4.79 Å². The van der Waals surface area contributed by atoms with E-state index in [0.717, 1.165) is 11.1 Å². The summed E-state index contributed by atoms with van der Waals surface area (Å²) in [5, 5.41) is 6.31. The van der Waals surface area contributed by atoms with E-state index in [1.807, 2.05) is 6.07 Å². The number of hydrogen-bond acceptors (Lipinski definition) is 2. The molecule has 3 rings (SSSR count). The molecule has 0 spiro atoms. The lowest BCUT2D eigenvalue weighted by atomic mass is 9.99. The van der Waals surface area contributed by atoms with E-state index in [9.17, 15) is 9.59 Å². The highest BCUT2D eigenvalue weighted by Crippen LogP contribution is 2.32. The molecule has 0 saturated carbocycles. The number of halogens is 2. The van der Waals surface area contributed by atoms with E-state index in [-0.39, 0.29) is 11.9 Å². The molecule has 2 aliphatic rings. The summed E-state index contributed by atoms with van der Waals surface area (Å²) in [6, 6.07) is 2.87. The molecule has 2 N–H and O–H groups in total. The number of benzene rings is 1. The molecule has 1 saturated heterocycles. The van der Waals surface area contributed by atoms with Crippen LogP contribution in [0.5, 0.6) is 0 Å². The largest absolute Gasteiger partial charge is 0.336 e. The molecule has 7 heteroatoms. The van der Waals surface area contributed by atoms with Gasteiger partial charge in [-0.1, -0.05) is 29.3 Å². The topological polar surface area (TPSA) is 61.4 Å². The van der Waals surface area contributed by atoms with E-state index in [4.69, 9.17) is 23.2 Å². The van der Waals surface area contributed by atoms with Gasteiger partial charge in [-0.2, -0.15) is 0 Å². The number of amides is 3. The molecule has 1 aromatic carbocycles. The van der Waals surface area contributed by atoms with Gasteiger partial charge >= 0.3 is 6.03 Å². The molecule has 2 aliphatic heterocycles. The number of hydrogen-bond donors (Lipinski definition) is 2. The Bertz CT molecular complexity index is 591. The molecular weight excluding hydrogens is 301 g/mol. The Balaban J connectivity index is 1.77. The van der Waals surface area contributed by atoms with Gasteiger partial charge in [0.2, 0.25) is 5.91 Å². The monoisotopic (exact) mass is 313 g/mol. The van der Waals surface area contributed by atoms with Crippen LogP contribution in [0.15, 0.2) is 12.1 Å². The predicted octanol–water partition coefficient (Wildman–Crippen LogP) is 1.56. The van der Waals surface area contributed by atoms with E-state index >= 15 is 0 Å². The van der Waals surface area contributed by atoms with E-state index in [0.29, 0.717) is 36.1 Å². The smallest absolute Gasteiger partial charge is 0.315 e. The van der Waals surface area contributed by atoms with Crippen LogP contribution in [0.1, 0.15) is 11.1 Å². The van der Waals surface area contributed by atoms with Crippen LogP contribution in [0.3, 0.4) is 0 Å². The maximum Gasteiger partial charge on any atom is 0.315 e. The van der Waals surface area contributed by atoms with Gasteiger partial charge in [0.1, 0.15) is 6.04 Å². The van der Waals surface area contributed by atoms with Crippen molar-refractivity contribution in [3.63, 3.8) is 0 Å². The molecule has 1 aromatic rings. The Kier molecular flexibility index (Phi) is 3.48. The fourth-order valence-corrected chi connectivity index (χ4v) is 3.05. The van der Waals surface area contributed by atoms with Crippen LogP contribution in [0, 0.1) is 0 Å². The van der Waals surface area contributed by atoms with Gasteiger partial charge in [-0.15, -0.1) is 0 Å². The molecule has 0 bridgehead atoms. The van der Waals surface area contributed by atoms with Crippen LogP contribution in [-0.4, -0.2) is 36.0 Å². The Morgan fingerprint density at radius 1 is 1.35 bits per heavy atom. The summed E-state index contributed by atoms with van der Waals surface area (Å²) in [5.74, 6) is -0.0694. The lowest BCUT2D eigenvalue weighted by molar-refractivity contribution is -0.133. The van der Waals surface area contributed by atoms with Crippen LogP contribution in [0.4, 0.5) is 4.79 Å². The van der Waals surface area contributed by atoms with Crippen LogP contribution in [0.2, 0.25) is 10.0 Å². The quantitative estimate of drug-likeness (QED) is 0.826. The number of carbonyl (C=O) groups is 2. The zero-order valence-electron chi connectivity index (χ0n) is 10.6. The molecule has 1 fully saturated rings. The van der Waals surface area contributed by atoms with E-state index < -0.39 is 6.04 Å². The fraction of sp³-hybridized carbons (Fsp3) is 0.385. The fourth-order valence-electron chi connectivity index (χ4n) is 2.60. The second-order valence-electron chi connectivity index (χ2n) is 4.92. The van der Waals surface area contributed by atoms with Crippen molar-refractivity contribution in [1.29, 1.82) is 0 Å². The Morgan fingerprint density at radius 3 is 2.85 bits per heavy atom. The van der Waals surface area contributed by atoms with Crippen molar-refractivity contribution in [3.05, 3.63) is 33.3 Å². The maximum atomic E-state index is 12.3. The summed E-state index contributed by atoms with van der Waals surface area (Å²) >= 11 is 12.2. The first-order valence-electron chi connectivity index (χ1n) is 6.35. The van der Waals surface area contributed by atoms with Crippen LogP contribution < -0.4 is 10.6 Å². The lowest BCUT2D eigenvalue weighted by Crippen LogP contribution is -2.47. The third kappa shape index (κ3) is 2.31. The Hall–Kier alpha value is -1.46. The number of carbonyl (C=O) groups excluding carboxylic acids is 2. The average molecular weight is 314 g/mol. The molecule has 1 atom stereocenters. The molecule has 0 unspecified atom stereocenters. The summed E-state index contributed by atoms with van der Waals surface area (Å²) in [4.78, 5) is 25.2. The molecule has 0 aliphatic carbocycles. The SMILES string of the molecule is O=C1NC[C@@H](C(=O)N2CCc3c(ccc(Cl)c3Cl)C2)N1. The first-order chi connectivity index (χ1) is 9.56. The molecule has 106 valence electrons. The van der Waals surface area contributed by atoms with Gasteiger partial charge in [0.05, 0.1) is 10.0 Å². The second kappa shape index (κ2) is 5.14. The van der Waals surface area contributed by atoms with Crippen molar-refractivity contribution in [2.24, 2.45) is 0 Å². The molecule has 2 heterocycles. The van der Waals surface area contributed by atoms with Gasteiger partial charge in [-0.25, -0.2) is 4.79 Å². The van der Waals surface area contributed by atoms with Crippen LogP contribution in [0.25, 0.3) is 0 Å². The van der Waals surface area contributed by atoms with E-state index in [1.54, 1.807) is 11.0 Å². The predicted molar refractivity (Wildman–Crippen MR) is 75.9 cm³/mol. The number of fused-ring (bicyclic) bond motifs is 1. The standard InChI is InChI=1S/C13H13Cl2N3O2/c14-9-2-1-7-6-18(4-3-8(7)11(9)15)12(19)10-5-16-13(20)17-10/h1-2,10H,3-6H2,(H2,16,17,20)/t10-/m0/s1. The number of nitrogens with one attached hydrogen (secondary N) is 2. The van der Waals surface area contributed by atoms with Gasteiger partial charge in [0.25, 0.3) is 0 Å². The van der Waals surface area contributed by atoms with Crippen molar-refractivity contribution in [2.75, 3.05) is 13.1 Å². The van der Waals surface area contributed by atoms with Gasteiger partial charge in [0, 0.05) is 19.6 Å². The molecular formula is C13H13Cl2N3O2. The molecule has 20 heavy (non-hydrogen) atoms. The van der Waals surface area contributed by atoms with Crippen molar-refractivity contribution in [1.82, 2.24) is 15.5 Å². The summed E-state index contributed by atoms with van der Waals surface area (Å²) in [6.45, 7) is 1.41. The van der Waals surface area contributed by atoms with Crippen molar-refractivity contribution < 1.29 is 9.59 Å². The summed E-state index contributed by atoms with van der Waals surface area (Å²) in [7, 11) is 0. The normalized spacial score (nSPS) is 21.2. The lowest BCUT2D eigenvalue weighted by Gasteiger charge is -2.31. The van der Waals surface area contributed by atoms with Crippen LogP contribution in [-0.2, 0) is 17.8 Å². The second-order valence-corrected chi connectivity index (χ2v) is 5.70. The number of nitrogens with zero attached hydrogens (tertiary/aromatic N) is 1. The first-order valence-corrected chi connectivity index (χ1v) is 7.11. The van der Waals surface area contributed by atoms with Gasteiger partial charge in [-0.05, 0) is 23.6 Å². The highest BCUT2D eigenvalue weighted by molar-refractivity contribution is 6.42. The molecule has 0 aromatic heterocycles. The summed E-state index contributed by atoms with van der Waals surface area (Å²) < 4.78 is 0. The minimum atomic E-state index is -0.480. The Labute approximate surface area is 126 Å². The molecule has 0 radical (unpaired) electrons. The van der Waals surface area contributed by atoms with Gasteiger partial charge in [0.15, 0.2) is 0 Å².